The first-order valence-electron chi connectivity index (χ1n) is 4.19. The van der Waals surface area contributed by atoms with E-state index in [0.29, 0.717) is 6.42 Å². The largest absolute Gasteiger partial charge is 0.399 e. The third-order valence-corrected chi connectivity index (χ3v) is 1.83. The maximum absolute atomic E-state index is 8.41. The number of nitrogens with zero attached hydrogens (tertiary/aromatic N) is 1. The Morgan fingerprint density at radius 2 is 1.92 bits per heavy atom. The summed E-state index contributed by atoms with van der Waals surface area (Å²) in [4.78, 5) is 0. The van der Waals surface area contributed by atoms with E-state index in [-0.39, 0.29) is 6.04 Å². The maximum atomic E-state index is 8.41. The number of hydrogen-bond acceptors (Lipinski definition) is 3. The molecule has 0 heterocycles. The SMILES string of the molecule is N#CC[C@@H](N)Cc1ccc(N)cc1. The van der Waals surface area contributed by atoms with E-state index < -0.39 is 0 Å². The lowest BCUT2D eigenvalue weighted by atomic mass is 10.0. The molecule has 68 valence electrons. The van der Waals surface area contributed by atoms with Crippen molar-refractivity contribution in [3.8, 4) is 6.07 Å². The second-order valence-corrected chi connectivity index (χ2v) is 3.07. The van der Waals surface area contributed by atoms with Crippen LogP contribution in [0.2, 0.25) is 0 Å². The molecule has 0 aliphatic rings. The van der Waals surface area contributed by atoms with Crippen LogP contribution in [0.5, 0.6) is 0 Å². The zero-order chi connectivity index (χ0) is 9.68. The zero-order valence-electron chi connectivity index (χ0n) is 7.40. The molecule has 1 rings (SSSR count). The molecule has 3 nitrogen and oxygen atoms in total. The molecule has 0 aromatic heterocycles. The van der Waals surface area contributed by atoms with Gasteiger partial charge in [0, 0.05) is 11.7 Å². The van der Waals surface area contributed by atoms with Gasteiger partial charge in [-0.2, -0.15) is 5.26 Å². The van der Waals surface area contributed by atoms with Crippen LogP contribution >= 0.6 is 0 Å². The average molecular weight is 175 g/mol. The smallest absolute Gasteiger partial charge is 0.0638 e. The van der Waals surface area contributed by atoms with Crippen LogP contribution in [0, 0.1) is 11.3 Å². The van der Waals surface area contributed by atoms with Crippen molar-refractivity contribution in [3.05, 3.63) is 29.8 Å². The molecule has 4 N–H and O–H groups in total. The van der Waals surface area contributed by atoms with Gasteiger partial charge >= 0.3 is 0 Å². The first-order valence-corrected chi connectivity index (χ1v) is 4.19. The lowest BCUT2D eigenvalue weighted by molar-refractivity contribution is 0.685. The van der Waals surface area contributed by atoms with Crippen LogP contribution in [-0.2, 0) is 6.42 Å². The molecule has 0 saturated heterocycles. The molecule has 0 bridgehead atoms. The molecule has 1 atom stereocenters. The minimum atomic E-state index is -0.0753. The van der Waals surface area contributed by atoms with E-state index in [1.54, 1.807) is 0 Å². The standard InChI is InChI=1S/C10H13N3/c11-6-5-10(13)7-8-1-3-9(12)4-2-8/h1-4,10H,5,7,12-13H2/t10-/m1/s1. The number of nitriles is 1. The van der Waals surface area contributed by atoms with Crippen LogP contribution in [0.25, 0.3) is 0 Å². The predicted molar refractivity (Wildman–Crippen MR) is 52.8 cm³/mol. The second kappa shape index (κ2) is 4.48. The highest BCUT2D eigenvalue weighted by atomic mass is 14.6. The first kappa shape index (κ1) is 9.56. The van der Waals surface area contributed by atoms with Crippen molar-refractivity contribution in [2.75, 3.05) is 5.73 Å². The lowest BCUT2D eigenvalue weighted by Crippen LogP contribution is -2.21. The molecule has 0 saturated carbocycles. The van der Waals surface area contributed by atoms with Crippen molar-refractivity contribution in [1.29, 1.82) is 5.26 Å². The normalized spacial score (nSPS) is 12.0. The van der Waals surface area contributed by atoms with Crippen molar-refractivity contribution < 1.29 is 0 Å². The first-order chi connectivity index (χ1) is 6.22. The second-order valence-electron chi connectivity index (χ2n) is 3.07. The Balaban J connectivity index is 2.55. The van der Waals surface area contributed by atoms with Gasteiger partial charge in [0.15, 0.2) is 0 Å². The average Bonchev–Trinajstić information content (AvgIpc) is 2.09. The Kier molecular flexibility index (Phi) is 3.30. The van der Waals surface area contributed by atoms with Gasteiger partial charge in [0.05, 0.1) is 12.5 Å². The number of rotatable bonds is 3. The van der Waals surface area contributed by atoms with Gasteiger partial charge in [0.1, 0.15) is 0 Å². The predicted octanol–water partition coefficient (Wildman–Crippen LogP) is 1.05. The molecule has 0 amide bonds. The van der Waals surface area contributed by atoms with E-state index in [1.807, 2.05) is 30.3 Å². The lowest BCUT2D eigenvalue weighted by Gasteiger charge is -2.06. The molecule has 0 aliphatic carbocycles. The summed E-state index contributed by atoms with van der Waals surface area (Å²) in [5, 5.41) is 8.41. The number of anilines is 1. The summed E-state index contributed by atoms with van der Waals surface area (Å²) in [6.45, 7) is 0. The van der Waals surface area contributed by atoms with Gasteiger partial charge in [-0.1, -0.05) is 12.1 Å². The molecule has 0 aliphatic heterocycles. The highest BCUT2D eigenvalue weighted by Crippen LogP contribution is 2.07. The Labute approximate surface area is 78.0 Å². The molecular formula is C10H13N3. The number of benzene rings is 1. The highest BCUT2D eigenvalue weighted by Gasteiger charge is 2.02. The molecule has 1 aromatic carbocycles. The highest BCUT2D eigenvalue weighted by molar-refractivity contribution is 5.39. The van der Waals surface area contributed by atoms with Gasteiger partial charge in [-0.05, 0) is 24.1 Å². The van der Waals surface area contributed by atoms with Crippen LogP contribution in [0.3, 0.4) is 0 Å². The van der Waals surface area contributed by atoms with Crippen molar-refractivity contribution in [2.24, 2.45) is 5.73 Å². The Morgan fingerprint density at radius 1 is 1.31 bits per heavy atom. The summed E-state index contributed by atoms with van der Waals surface area (Å²) in [5.74, 6) is 0. The third-order valence-electron chi connectivity index (χ3n) is 1.83. The minimum Gasteiger partial charge on any atom is -0.399 e. The van der Waals surface area contributed by atoms with E-state index >= 15 is 0 Å². The summed E-state index contributed by atoms with van der Waals surface area (Å²) in [5.41, 5.74) is 13.1. The van der Waals surface area contributed by atoms with Gasteiger partial charge in [0.25, 0.3) is 0 Å². The van der Waals surface area contributed by atoms with Crippen LogP contribution in [0.1, 0.15) is 12.0 Å². The molecule has 13 heavy (non-hydrogen) atoms. The van der Waals surface area contributed by atoms with E-state index in [9.17, 15) is 0 Å². The van der Waals surface area contributed by atoms with E-state index in [1.165, 1.54) is 0 Å². The fraction of sp³-hybridized carbons (Fsp3) is 0.300. The van der Waals surface area contributed by atoms with Gasteiger partial charge in [-0.3, -0.25) is 0 Å². The van der Waals surface area contributed by atoms with Crippen LogP contribution < -0.4 is 11.5 Å². The van der Waals surface area contributed by atoms with Crippen LogP contribution in [-0.4, -0.2) is 6.04 Å². The minimum absolute atomic E-state index is 0.0753. The molecule has 0 radical (unpaired) electrons. The van der Waals surface area contributed by atoms with Gasteiger partial charge in [-0.25, -0.2) is 0 Å². The van der Waals surface area contributed by atoms with E-state index in [4.69, 9.17) is 16.7 Å². The van der Waals surface area contributed by atoms with Gasteiger partial charge in [0.2, 0.25) is 0 Å². The molecule has 0 fully saturated rings. The van der Waals surface area contributed by atoms with Crippen molar-refractivity contribution >= 4 is 5.69 Å². The quantitative estimate of drug-likeness (QED) is 0.674. The van der Waals surface area contributed by atoms with Gasteiger partial charge in [-0.15, -0.1) is 0 Å². The molecule has 0 spiro atoms. The summed E-state index contributed by atoms with van der Waals surface area (Å²) < 4.78 is 0. The topological polar surface area (TPSA) is 75.8 Å². The molecule has 0 unspecified atom stereocenters. The number of hydrogen-bond donors (Lipinski definition) is 2. The Morgan fingerprint density at radius 3 is 2.46 bits per heavy atom. The van der Waals surface area contributed by atoms with E-state index in [2.05, 4.69) is 0 Å². The van der Waals surface area contributed by atoms with Crippen molar-refractivity contribution in [1.82, 2.24) is 0 Å². The van der Waals surface area contributed by atoms with E-state index in [0.717, 1.165) is 17.7 Å². The van der Waals surface area contributed by atoms with Crippen molar-refractivity contribution in [2.45, 2.75) is 18.9 Å². The monoisotopic (exact) mass is 175 g/mol. The fourth-order valence-corrected chi connectivity index (χ4v) is 1.15. The summed E-state index contributed by atoms with van der Waals surface area (Å²) >= 11 is 0. The van der Waals surface area contributed by atoms with Crippen molar-refractivity contribution in [3.63, 3.8) is 0 Å². The number of nitrogen functional groups attached to an aromatic ring is 1. The maximum Gasteiger partial charge on any atom is 0.0638 e. The molecular weight excluding hydrogens is 162 g/mol. The Hall–Kier alpha value is -1.53. The number of nitrogens with two attached hydrogens (primary N) is 2. The summed E-state index contributed by atoms with van der Waals surface area (Å²) in [6.07, 6.45) is 1.12. The molecule has 1 aromatic rings. The van der Waals surface area contributed by atoms with Crippen LogP contribution in [0.15, 0.2) is 24.3 Å². The third kappa shape index (κ3) is 3.14. The molecule has 3 heteroatoms. The van der Waals surface area contributed by atoms with Gasteiger partial charge < -0.3 is 11.5 Å². The summed E-state index contributed by atoms with van der Waals surface area (Å²) in [7, 11) is 0. The van der Waals surface area contributed by atoms with Crippen LogP contribution in [0.4, 0.5) is 5.69 Å². The Bertz CT molecular complexity index is 297. The summed E-state index contributed by atoms with van der Waals surface area (Å²) in [6, 6.07) is 9.53. The fourth-order valence-electron chi connectivity index (χ4n) is 1.15. The zero-order valence-corrected chi connectivity index (χ0v) is 7.40.